The van der Waals surface area contributed by atoms with Crippen molar-refractivity contribution in [1.29, 1.82) is 0 Å². The van der Waals surface area contributed by atoms with Crippen molar-refractivity contribution in [3.05, 3.63) is 23.9 Å². The minimum absolute atomic E-state index is 0.171. The normalized spacial score (nSPS) is 22.8. The van der Waals surface area contributed by atoms with Crippen molar-refractivity contribution in [2.45, 2.75) is 31.8 Å². The maximum atomic E-state index is 11.4. The molecule has 1 aromatic heterocycles. The van der Waals surface area contributed by atoms with Gasteiger partial charge < -0.3 is 15.2 Å². The molecular formula is C14H20N2O3. The van der Waals surface area contributed by atoms with Gasteiger partial charge in [0.2, 0.25) is 0 Å². The monoisotopic (exact) mass is 264 g/mol. The minimum Gasteiger partial charge on any atom is -0.465 e. The second-order valence-electron chi connectivity index (χ2n) is 4.99. The number of aliphatic hydroxyl groups is 1. The van der Waals surface area contributed by atoms with Crippen molar-refractivity contribution in [2.24, 2.45) is 5.92 Å². The Hall–Kier alpha value is -1.62. The maximum Gasteiger partial charge on any atom is 0.338 e. The standard InChI is InChI=1S/C14H20N2O3/c1-19-14(18)11-5-6-15-13(8-11)16-9-10-3-2-4-12(17)7-10/h5-6,8,10,12,17H,2-4,7,9H2,1H3,(H,15,16). The number of hydrogen-bond acceptors (Lipinski definition) is 5. The lowest BCUT2D eigenvalue weighted by molar-refractivity contribution is 0.0600. The number of aliphatic hydroxyl groups excluding tert-OH is 1. The van der Waals surface area contributed by atoms with E-state index in [-0.39, 0.29) is 12.1 Å². The van der Waals surface area contributed by atoms with Crippen molar-refractivity contribution in [2.75, 3.05) is 19.0 Å². The predicted molar refractivity (Wildman–Crippen MR) is 72.0 cm³/mol. The van der Waals surface area contributed by atoms with Gasteiger partial charge in [-0.2, -0.15) is 0 Å². The molecule has 1 fully saturated rings. The number of rotatable bonds is 4. The van der Waals surface area contributed by atoms with Gasteiger partial charge in [0.05, 0.1) is 18.8 Å². The minimum atomic E-state index is -0.362. The van der Waals surface area contributed by atoms with Gasteiger partial charge in [-0.05, 0) is 37.3 Å². The van der Waals surface area contributed by atoms with Gasteiger partial charge >= 0.3 is 5.97 Å². The zero-order chi connectivity index (χ0) is 13.7. The van der Waals surface area contributed by atoms with Gasteiger partial charge in [0.25, 0.3) is 0 Å². The molecule has 19 heavy (non-hydrogen) atoms. The van der Waals surface area contributed by atoms with Crippen molar-refractivity contribution >= 4 is 11.8 Å². The molecule has 0 aromatic carbocycles. The number of methoxy groups -OCH3 is 1. The molecule has 5 nitrogen and oxygen atoms in total. The van der Waals surface area contributed by atoms with Crippen molar-refractivity contribution in [3.63, 3.8) is 0 Å². The second-order valence-corrected chi connectivity index (χ2v) is 4.99. The van der Waals surface area contributed by atoms with Crippen LogP contribution in [0.25, 0.3) is 0 Å². The SMILES string of the molecule is COC(=O)c1ccnc(NCC2CCCC(O)C2)c1. The van der Waals surface area contributed by atoms with Crippen molar-refractivity contribution < 1.29 is 14.6 Å². The van der Waals surface area contributed by atoms with E-state index < -0.39 is 0 Å². The summed E-state index contributed by atoms with van der Waals surface area (Å²) in [4.78, 5) is 15.6. The zero-order valence-corrected chi connectivity index (χ0v) is 11.1. The van der Waals surface area contributed by atoms with Crippen molar-refractivity contribution in [1.82, 2.24) is 4.98 Å². The Labute approximate surface area is 113 Å². The zero-order valence-electron chi connectivity index (χ0n) is 11.1. The second kappa shape index (κ2) is 6.52. The molecule has 2 N–H and O–H groups in total. The van der Waals surface area contributed by atoms with E-state index >= 15 is 0 Å². The van der Waals surface area contributed by atoms with Crippen LogP contribution < -0.4 is 5.32 Å². The Morgan fingerprint density at radius 2 is 2.42 bits per heavy atom. The lowest BCUT2D eigenvalue weighted by Gasteiger charge is -2.26. The molecule has 104 valence electrons. The molecule has 1 aliphatic rings. The van der Waals surface area contributed by atoms with Crippen LogP contribution in [0.4, 0.5) is 5.82 Å². The van der Waals surface area contributed by atoms with E-state index in [1.165, 1.54) is 7.11 Å². The highest BCUT2D eigenvalue weighted by molar-refractivity contribution is 5.89. The van der Waals surface area contributed by atoms with Gasteiger partial charge in [-0.3, -0.25) is 0 Å². The summed E-state index contributed by atoms with van der Waals surface area (Å²) in [5.41, 5.74) is 0.490. The van der Waals surface area contributed by atoms with Gasteiger partial charge in [-0.25, -0.2) is 9.78 Å². The lowest BCUT2D eigenvalue weighted by atomic mass is 9.87. The van der Waals surface area contributed by atoms with E-state index in [0.29, 0.717) is 17.3 Å². The maximum absolute atomic E-state index is 11.4. The van der Waals surface area contributed by atoms with Gasteiger partial charge in [-0.1, -0.05) is 6.42 Å². The van der Waals surface area contributed by atoms with Crippen LogP contribution in [0.15, 0.2) is 18.3 Å². The third kappa shape index (κ3) is 3.92. The van der Waals surface area contributed by atoms with Crippen LogP contribution in [-0.2, 0) is 4.74 Å². The Balaban J connectivity index is 1.90. The fourth-order valence-electron chi connectivity index (χ4n) is 2.47. The van der Waals surface area contributed by atoms with Crippen LogP contribution in [0, 0.1) is 5.92 Å². The van der Waals surface area contributed by atoms with E-state index in [0.717, 1.165) is 32.2 Å². The molecule has 2 rings (SSSR count). The molecule has 0 amide bonds. The first-order valence-corrected chi connectivity index (χ1v) is 6.65. The highest BCUT2D eigenvalue weighted by Gasteiger charge is 2.19. The molecule has 0 radical (unpaired) electrons. The van der Waals surface area contributed by atoms with E-state index in [9.17, 15) is 9.90 Å². The molecule has 0 bridgehead atoms. The topological polar surface area (TPSA) is 71.5 Å². The molecule has 1 aromatic rings. The summed E-state index contributed by atoms with van der Waals surface area (Å²) in [6, 6.07) is 3.31. The van der Waals surface area contributed by atoms with Crippen LogP contribution in [0.3, 0.4) is 0 Å². The van der Waals surface area contributed by atoms with Gasteiger partial charge in [0, 0.05) is 12.7 Å². The van der Waals surface area contributed by atoms with Crippen molar-refractivity contribution in [3.8, 4) is 0 Å². The Morgan fingerprint density at radius 1 is 1.58 bits per heavy atom. The van der Waals surface area contributed by atoms with E-state index in [4.69, 9.17) is 0 Å². The summed E-state index contributed by atoms with van der Waals surface area (Å²) in [5.74, 6) is 0.772. The molecule has 0 spiro atoms. The number of nitrogens with one attached hydrogen (secondary N) is 1. The third-order valence-electron chi connectivity index (χ3n) is 3.51. The summed E-state index contributed by atoms with van der Waals surface area (Å²) in [6.07, 6.45) is 5.36. The van der Waals surface area contributed by atoms with E-state index in [2.05, 4.69) is 15.0 Å². The highest BCUT2D eigenvalue weighted by atomic mass is 16.5. The van der Waals surface area contributed by atoms with Gasteiger partial charge in [-0.15, -0.1) is 0 Å². The molecule has 1 heterocycles. The molecule has 5 heteroatoms. The summed E-state index contributed by atoms with van der Waals surface area (Å²) in [7, 11) is 1.36. The van der Waals surface area contributed by atoms with E-state index in [1.54, 1.807) is 18.3 Å². The lowest BCUT2D eigenvalue weighted by Crippen LogP contribution is -2.25. The molecular weight excluding hydrogens is 244 g/mol. The van der Waals surface area contributed by atoms with Gasteiger partial charge in [0.15, 0.2) is 0 Å². The largest absolute Gasteiger partial charge is 0.465 e. The smallest absolute Gasteiger partial charge is 0.338 e. The average molecular weight is 264 g/mol. The fourth-order valence-corrected chi connectivity index (χ4v) is 2.47. The summed E-state index contributed by atoms with van der Waals surface area (Å²) in [6.45, 7) is 0.773. The number of carbonyl (C=O) groups is 1. The molecule has 0 aliphatic heterocycles. The fraction of sp³-hybridized carbons (Fsp3) is 0.571. The first-order valence-electron chi connectivity index (χ1n) is 6.65. The van der Waals surface area contributed by atoms with Crippen LogP contribution in [0.2, 0.25) is 0 Å². The van der Waals surface area contributed by atoms with Crippen LogP contribution >= 0.6 is 0 Å². The number of pyridine rings is 1. The number of nitrogens with zero attached hydrogens (tertiary/aromatic N) is 1. The molecule has 0 saturated heterocycles. The summed E-state index contributed by atoms with van der Waals surface area (Å²) >= 11 is 0. The average Bonchev–Trinajstić information content (AvgIpc) is 2.45. The van der Waals surface area contributed by atoms with E-state index in [1.807, 2.05) is 0 Å². The third-order valence-corrected chi connectivity index (χ3v) is 3.51. The Kier molecular flexibility index (Phi) is 4.74. The quantitative estimate of drug-likeness (QED) is 0.812. The number of carbonyl (C=O) groups excluding carboxylic acids is 1. The first-order chi connectivity index (χ1) is 9.19. The van der Waals surface area contributed by atoms with Gasteiger partial charge in [0.1, 0.15) is 5.82 Å². The Bertz CT molecular complexity index is 436. The number of anilines is 1. The molecule has 2 unspecified atom stereocenters. The summed E-state index contributed by atoms with van der Waals surface area (Å²) in [5, 5.41) is 12.8. The number of hydrogen-bond donors (Lipinski definition) is 2. The molecule has 2 atom stereocenters. The van der Waals surface area contributed by atoms with Crippen LogP contribution in [0.1, 0.15) is 36.0 Å². The summed E-state index contributed by atoms with van der Waals surface area (Å²) < 4.78 is 4.67. The predicted octanol–water partition coefficient (Wildman–Crippen LogP) is 1.83. The number of aromatic nitrogens is 1. The highest BCUT2D eigenvalue weighted by Crippen LogP contribution is 2.24. The molecule has 1 aliphatic carbocycles. The number of esters is 1. The van der Waals surface area contributed by atoms with Crippen LogP contribution in [-0.4, -0.2) is 35.8 Å². The van der Waals surface area contributed by atoms with Crippen LogP contribution in [0.5, 0.6) is 0 Å². The Morgan fingerprint density at radius 3 is 3.16 bits per heavy atom. The first kappa shape index (κ1) is 13.8. The number of ether oxygens (including phenoxy) is 1. The molecule has 1 saturated carbocycles.